The summed E-state index contributed by atoms with van der Waals surface area (Å²) in [6.07, 6.45) is -2.54. The van der Waals surface area contributed by atoms with Crippen molar-refractivity contribution in [2.45, 2.75) is 25.7 Å². The van der Waals surface area contributed by atoms with Crippen molar-refractivity contribution in [3.8, 4) is 0 Å². The molecule has 0 spiro atoms. The topological polar surface area (TPSA) is 92.8 Å². The Labute approximate surface area is 106 Å². The van der Waals surface area contributed by atoms with Crippen molar-refractivity contribution in [3.63, 3.8) is 0 Å². The summed E-state index contributed by atoms with van der Waals surface area (Å²) in [6, 6.07) is 9.20. The lowest BCUT2D eigenvalue weighted by molar-refractivity contribution is -0.155. The minimum atomic E-state index is -1.47. The third kappa shape index (κ3) is 4.10. The highest BCUT2D eigenvalue weighted by Crippen LogP contribution is 2.16. The summed E-state index contributed by atoms with van der Waals surface area (Å²) in [5, 5.41) is 19.0. The summed E-state index contributed by atoms with van der Waals surface area (Å²) in [4.78, 5) is 11.7. The maximum Gasteiger partial charge on any atom is 0.312 e. The lowest BCUT2D eigenvalue weighted by Crippen LogP contribution is -2.44. The molecule has 0 aliphatic heterocycles. The van der Waals surface area contributed by atoms with Gasteiger partial charge < -0.3 is 20.7 Å². The van der Waals surface area contributed by atoms with Gasteiger partial charge in [-0.05, 0) is 18.9 Å². The van der Waals surface area contributed by atoms with Crippen molar-refractivity contribution in [1.29, 1.82) is 0 Å². The molecule has 4 N–H and O–H groups in total. The minimum Gasteiger partial charge on any atom is -0.466 e. The highest BCUT2D eigenvalue weighted by atomic mass is 16.5. The normalized spacial score (nSPS) is 15.8. The number of rotatable bonds is 6. The molecule has 3 atom stereocenters. The molecule has 5 heteroatoms. The van der Waals surface area contributed by atoms with Crippen molar-refractivity contribution in [1.82, 2.24) is 0 Å². The second kappa shape index (κ2) is 7.10. The van der Waals surface area contributed by atoms with Crippen LogP contribution >= 0.6 is 0 Å². The highest BCUT2D eigenvalue weighted by molar-refractivity contribution is 5.73. The molecule has 0 aliphatic rings. The van der Waals surface area contributed by atoms with E-state index >= 15 is 0 Å². The number of carbonyl (C=O) groups excluding carboxylic acids is 1. The number of esters is 1. The number of hydrogen-bond acceptors (Lipinski definition) is 5. The van der Waals surface area contributed by atoms with Crippen LogP contribution in [0.15, 0.2) is 30.3 Å². The molecule has 100 valence electrons. The van der Waals surface area contributed by atoms with E-state index in [1.165, 1.54) is 0 Å². The Kier molecular flexibility index (Phi) is 5.77. The number of nitrogens with two attached hydrogens (primary N) is 1. The van der Waals surface area contributed by atoms with Crippen molar-refractivity contribution >= 4 is 5.97 Å². The van der Waals surface area contributed by atoms with Crippen molar-refractivity contribution in [2.75, 3.05) is 6.61 Å². The van der Waals surface area contributed by atoms with E-state index < -0.39 is 24.2 Å². The van der Waals surface area contributed by atoms with Crippen LogP contribution < -0.4 is 5.73 Å². The fraction of sp³-hybridized carbons (Fsp3) is 0.462. The van der Waals surface area contributed by atoms with E-state index in [0.717, 1.165) is 5.56 Å². The summed E-state index contributed by atoms with van der Waals surface area (Å²) in [6.45, 7) is 1.90. The standard InChI is InChI=1S/C13H19NO4/c1-2-18-13(17)10(11(15)12(14)16)8-9-6-4-3-5-7-9/h3-7,10-12,15-16H,2,8,14H2,1H3/t10-,11-,12?/m0/s1. The number of aliphatic hydroxyl groups is 2. The van der Waals surface area contributed by atoms with Gasteiger partial charge in [-0.1, -0.05) is 30.3 Å². The fourth-order valence-corrected chi connectivity index (χ4v) is 1.70. The fourth-order valence-electron chi connectivity index (χ4n) is 1.70. The van der Waals surface area contributed by atoms with Crippen LogP contribution in [0.1, 0.15) is 12.5 Å². The van der Waals surface area contributed by atoms with E-state index in [0.29, 0.717) is 0 Å². The Hall–Kier alpha value is -1.43. The monoisotopic (exact) mass is 253 g/mol. The Balaban J connectivity index is 2.81. The van der Waals surface area contributed by atoms with Crippen LogP contribution in [0, 0.1) is 5.92 Å². The molecule has 0 saturated heterocycles. The third-order valence-corrected chi connectivity index (χ3v) is 2.65. The van der Waals surface area contributed by atoms with E-state index in [9.17, 15) is 15.0 Å². The molecule has 1 aromatic rings. The zero-order valence-corrected chi connectivity index (χ0v) is 10.3. The predicted molar refractivity (Wildman–Crippen MR) is 66.5 cm³/mol. The van der Waals surface area contributed by atoms with E-state index in [2.05, 4.69) is 0 Å². The van der Waals surface area contributed by atoms with Crippen LogP contribution in [0.25, 0.3) is 0 Å². The lowest BCUT2D eigenvalue weighted by Gasteiger charge is -2.23. The Morgan fingerprint density at radius 2 is 1.94 bits per heavy atom. The molecule has 5 nitrogen and oxygen atoms in total. The van der Waals surface area contributed by atoms with Gasteiger partial charge in [-0.2, -0.15) is 0 Å². The Bertz CT molecular complexity index is 367. The minimum absolute atomic E-state index is 0.220. The average molecular weight is 253 g/mol. The van der Waals surface area contributed by atoms with E-state index in [1.54, 1.807) is 6.92 Å². The zero-order chi connectivity index (χ0) is 13.5. The third-order valence-electron chi connectivity index (χ3n) is 2.65. The largest absolute Gasteiger partial charge is 0.466 e. The molecular formula is C13H19NO4. The molecule has 1 unspecified atom stereocenters. The molecule has 0 fully saturated rings. The van der Waals surface area contributed by atoms with Gasteiger partial charge in [-0.15, -0.1) is 0 Å². The smallest absolute Gasteiger partial charge is 0.312 e. The zero-order valence-electron chi connectivity index (χ0n) is 10.3. The molecule has 18 heavy (non-hydrogen) atoms. The molecule has 0 radical (unpaired) electrons. The lowest BCUT2D eigenvalue weighted by atomic mass is 9.93. The molecule has 1 rings (SSSR count). The predicted octanol–water partition coefficient (Wildman–Crippen LogP) is 0.0464. The summed E-state index contributed by atoms with van der Waals surface area (Å²) < 4.78 is 4.88. The van der Waals surface area contributed by atoms with E-state index in [4.69, 9.17) is 10.5 Å². The first-order chi connectivity index (χ1) is 8.56. The van der Waals surface area contributed by atoms with Gasteiger partial charge in [0.2, 0.25) is 0 Å². The summed E-state index contributed by atoms with van der Waals surface area (Å²) in [5.74, 6) is -1.43. The molecular weight excluding hydrogens is 234 g/mol. The molecule has 1 aromatic carbocycles. The first kappa shape index (κ1) is 14.6. The number of ether oxygens (including phenoxy) is 1. The van der Waals surface area contributed by atoms with E-state index in [-0.39, 0.29) is 13.0 Å². The van der Waals surface area contributed by atoms with Crippen LogP contribution in [0.3, 0.4) is 0 Å². The molecule has 0 aromatic heterocycles. The molecule has 0 amide bonds. The first-order valence-electron chi connectivity index (χ1n) is 5.88. The molecule has 0 saturated carbocycles. The van der Waals surface area contributed by atoms with Crippen molar-refractivity contribution in [2.24, 2.45) is 11.7 Å². The van der Waals surface area contributed by atoms with Gasteiger partial charge in [0.05, 0.1) is 12.5 Å². The first-order valence-corrected chi connectivity index (χ1v) is 5.88. The summed E-state index contributed by atoms with van der Waals surface area (Å²) in [5.41, 5.74) is 6.09. The average Bonchev–Trinajstić information content (AvgIpc) is 2.36. The van der Waals surface area contributed by atoms with Crippen molar-refractivity contribution < 1.29 is 19.7 Å². The molecule has 0 heterocycles. The van der Waals surface area contributed by atoms with Gasteiger partial charge in [0.25, 0.3) is 0 Å². The maximum absolute atomic E-state index is 11.7. The Morgan fingerprint density at radius 3 is 2.44 bits per heavy atom. The van der Waals surface area contributed by atoms with Gasteiger partial charge in [-0.25, -0.2) is 0 Å². The number of benzene rings is 1. The summed E-state index contributed by atoms with van der Waals surface area (Å²) >= 11 is 0. The van der Waals surface area contributed by atoms with Crippen LogP contribution in [-0.2, 0) is 16.0 Å². The van der Waals surface area contributed by atoms with Gasteiger partial charge in [0.15, 0.2) is 0 Å². The second-order valence-corrected chi connectivity index (χ2v) is 4.03. The SMILES string of the molecule is CCOC(=O)[C@@H](Cc1ccccc1)[C@H](O)C(N)O. The maximum atomic E-state index is 11.7. The van der Waals surface area contributed by atoms with Crippen LogP contribution in [0.4, 0.5) is 0 Å². The van der Waals surface area contributed by atoms with E-state index in [1.807, 2.05) is 30.3 Å². The molecule has 0 aliphatic carbocycles. The van der Waals surface area contributed by atoms with Crippen LogP contribution in [0.2, 0.25) is 0 Å². The van der Waals surface area contributed by atoms with Gasteiger partial charge in [0.1, 0.15) is 12.3 Å². The van der Waals surface area contributed by atoms with Crippen LogP contribution in [0.5, 0.6) is 0 Å². The number of aliphatic hydroxyl groups excluding tert-OH is 2. The summed E-state index contributed by atoms with van der Waals surface area (Å²) in [7, 11) is 0. The van der Waals surface area contributed by atoms with Gasteiger partial charge in [-0.3, -0.25) is 4.79 Å². The molecule has 0 bridgehead atoms. The number of hydrogen-bond donors (Lipinski definition) is 3. The van der Waals surface area contributed by atoms with Gasteiger partial charge >= 0.3 is 5.97 Å². The number of carbonyl (C=O) groups is 1. The second-order valence-electron chi connectivity index (χ2n) is 4.03. The van der Waals surface area contributed by atoms with Gasteiger partial charge in [0, 0.05) is 0 Å². The quantitative estimate of drug-likeness (QED) is 0.492. The van der Waals surface area contributed by atoms with Crippen molar-refractivity contribution in [3.05, 3.63) is 35.9 Å². The Morgan fingerprint density at radius 1 is 1.33 bits per heavy atom. The van der Waals surface area contributed by atoms with Crippen LogP contribution in [-0.4, -0.2) is 35.1 Å². The highest BCUT2D eigenvalue weighted by Gasteiger charge is 2.31.